The Kier molecular flexibility index (Phi) is 4.64. The molecule has 4 atom stereocenters. The monoisotopic (exact) mass is 466 g/mol. The number of allylic oxidation sites excluding steroid dienone is 2. The second kappa shape index (κ2) is 7.26. The molecule has 1 amide bonds. The lowest BCUT2D eigenvalue weighted by molar-refractivity contribution is -0.122. The molecular formula is C25H30N4O3S. The number of nitrogens with zero attached hydrogens (tertiary/aromatic N) is 3. The average Bonchev–Trinajstić information content (AvgIpc) is 3.17. The Morgan fingerprint density at radius 2 is 2.06 bits per heavy atom. The van der Waals surface area contributed by atoms with Gasteiger partial charge in [-0.05, 0) is 80.4 Å². The number of benzene rings is 1. The van der Waals surface area contributed by atoms with Gasteiger partial charge in [0.2, 0.25) is 11.9 Å². The van der Waals surface area contributed by atoms with Crippen LogP contribution in [-0.4, -0.2) is 49.7 Å². The van der Waals surface area contributed by atoms with E-state index in [1.165, 1.54) is 25.5 Å². The van der Waals surface area contributed by atoms with E-state index >= 15 is 0 Å². The normalized spacial score (nSPS) is 29.3. The molecule has 4 unspecified atom stereocenters. The quantitative estimate of drug-likeness (QED) is 0.681. The third-order valence-corrected chi connectivity index (χ3v) is 9.58. The Morgan fingerprint density at radius 3 is 2.79 bits per heavy atom. The fourth-order valence-corrected chi connectivity index (χ4v) is 7.24. The Bertz CT molecular complexity index is 1280. The molecule has 6 rings (SSSR count). The van der Waals surface area contributed by atoms with Gasteiger partial charge in [-0.1, -0.05) is 12.2 Å². The highest BCUT2D eigenvalue weighted by Crippen LogP contribution is 2.69. The summed E-state index contributed by atoms with van der Waals surface area (Å²) in [6.07, 6.45) is 11.6. The van der Waals surface area contributed by atoms with Crippen molar-refractivity contribution in [3.8, 4) is 0 Å². The van der Waals surface area contributed by atoms with E-state index in [9.17, 15) is 13.2 Å². The van der Waals surface area contributed by atoms with Crippen LogP contribution in [0.2, 0.25) is 0 Å². The number of hydrogen-bond donors (Lipinski definition) is 1. The zero-order chi connectivity index (χ0) is 23.0. The molecule has 7 nitrogen and oxygen atoms in total. The summed E-state index contributed by atoms with van der Waals surface area (Å²) in [7, 11) is -3.33. The first-order valence-electron chi connectivity index (χ1n) is 12.0. The summed E-state index contributed by atoms with van der Waals surface area (Å²) in [6.45, 7) is 3.36. The minimum absolute atomic E-state index is 0.0512. The fraction of sp³-hybridized carbons (Fsp3) is 0.560. The number of rotatable bonds is 5. The number of fused-ring (bicyclic) bond motifs is 1. The van der Waals surface area contributed by atoms with E-state index in [0.29, 0.717) is 28.7 Å². The molecule has 1 aliphatic heterocycles. The van der Waals surface area contributed by atoms with E-state index in [1.807, 2.05) is 11.8 Å². The van der Waals surface area contributed by atoms with E-state index < -0.39 is 9.84 Å². The van der Waals surface area contributed by atoms with Crippen molar-refractivity contribution >= 4 is 32.6 Å². The molecule has 174 valence electrons. The number of nitrogens with one attached hydrogen (secondary N) is 1. The molecule has 33 heavy (non-hydrogen) atoms. The number of anilines is 1. The van der Waals surface area contributed by atoms with Crippen LogP contribution >= 0.6 is 0 Å². The topological polar surface area (TPSA) is 92.3 Å². The molecule has 1 spiro atoms. The zero-order valence-corrected chi connectivity index (χ0v) is 19.9. The molecule has 1 aromatic heterocycles. The first-order chi connectivity index (χ1) is 15.8. The average molecular weight is 467 g/mol. The van der Waals surface area contributed by atoms with E-state index in [-0.39, 0.29) is 16.8 Å². The highest BCUT2D eigenvalue weighted by atomic mass is 32.2. The molecule has 2 saturated carbocycles. The van der Waals surface area contributed by atoms with Crippen LogP contribution in [0, 0.1) is 30.1 Å². The molecule has 0 radical (unpaired) electrons. The first kappa shape index (κ1) is 21.1. The van der Waals surface area contributed by atoms with Gasteiger partial charge < -0.3 is 10.2 Å². The third-order valence-electron chi connectivity index (χ3n) is 8.47. The van der Waals surface area contributed by atoms with Crippen LogP contribution in [0.1, 0.15) is 37.8 Å². The fourth-order valence-electron chi connectivity index (χ4n) is 6.60. The summed E-state index contributed by atoms with van der Waals surface area (Å²) < 4.78 is 24.0. The number of hydrogen-bond acceptors (Lipinski definition) is 6. The standard InChI is InChI=1S/C25H30N4O3S/c1-15-19-7-6-18(33(2,31)32)13-21(19)28-24(27-15)29-11-3-4-22(29)23(30)26-14-16-12-17-5-8-20(16)25(17)9-10-25/h5-8,13,16-17,20,22H,3-4,9-12,14H2,1-2H3,(H,26,30). The van der Waals surface area contributed by atoms with Crippen molar-refractivity contribution in [1.82, 2.24) is 15.3 Å². The van der Waals surface area contributed by atoms with Crippen molar-refractivity contribution in [3.63, 3.8) is 0 Å². The van der Waals surface area contributed by atoms with Crippen molar-refractivity contribution < 1.29 is 13.2 Å². The predicted molar refractivity (Wildman–Crippen MR) is 127 cm³/mol. The minimum Gasteiger partial charge on any atom is -0.354 e. The maximum Gasteiger partial charge on any atom is 0.242 e. The van der Waals surface area contributed by atoms with Gasteiger partial charge in [-0.3, -0.25) is 4.79 Å². The van der Waals surface area contributed by atoms with Crippen LogP contribution in [0.15, 0.2) is 35.2 Å². The second-order valence-electron chi connectivity index (χ2n) is 10.4. The summed E-state index contributed by atoms with van der Waals surface area (Å²) in [4.78, 5) is 24.8. The Hall–Kier alpha value is -2.48. The van der Waals surface area contributed by atoms with Crippen molar-refractivity contribution in [1.29, 1.82) is 0 Å². The summed E-state index contributed by atoms with van der Waals surface area (Å²) in [5.74, 6) is 2.46. The first-order valence-corrected chi connectivity index (χ1v) is 13.9. The van der Waals surface area contributed by atoms with Gasteiger partial charge in [-0.2, -0.15) is 0 Å². The van der Waals surface area contributed by atoms with Crippen LogP contribution in [0.5, 0.6) is 0 Å². The van der Waals surface area contributed by atoms with E-state index in [2.05, 4.69) is 27.4 Å². The molecule has 1 N–H and O–H groups in total. The van der Waals surface area contributed by atoms with E-state index in [4.69, 9.17) is 0 Å². The number of aryl methyl sites for hydroxylation is 1. The number of amides is 1. The summed E-state index contributed by atoms with van der Waals surface area (Å²) in [5.41, 5.74) is 1.91. The molecule has 3 fully saturated rings. The Labute approximate surface area is 194 Å². The van der Waals surface area contributed by atoms with Gasteiger partial charge >= 0.3 is 0 Å². The summed E-state index contributed by atoms with van der Waals surface area (Å²) in [5, 5.41) is 4.07. The highest BCUT2D eigenvalue weighted by Gasteiger charge is 2.62. The predicted octanol–water partition coefficient (Wildman–Crippen LogP) is 3.03. The van der Waals surface area contributed by atoms with Gasteiger partial charge in [0.1, 0.15) is 6.04 Å². The van der Waals surface area contributed by atoms with Gasteiger partial charge in [-0.15, -0.1) is 0 Å². The summed E-state index contributed by atoms with van der Waals surface area (Å²) in [6, 6.07) is 4.67. The van der Waals surface area contributed by atoms with Crippen molar-refractivity contribution in [2.45, 2.75) is 50.0 Å². The van der Waals surface area contributed by atoms with Crippen LogP contribution in [0.4, 0.5) is 5.95 Å². The van der Waals surface area contributed by atoms with E-state index in [1.54, 1.807) is 18.2 Å². The highest BCUT2D eigenvalue weighted by molar-refractivity contribution is 7.90. The van der Waals surface area contributed by atoms with Gasteiger partial charge in [0.15, 0.2) is 9.84 Å². The SMILES string of the molecule is Cc1nc(N2CCCC2C(=O)NCC2CC3C=CC2C32CC2)nc2cc(S(C)(=O)=O)ccc12. The van der Waals surface area contributed by atoms with Gasteiger partial charge in [0, 0.05) is 24.7 Å². The molecule has 2 bridgehead atoms. The molecule has 2 heterocycles. The lowest BCUT2D eigenvalue weighted by Crippen LogP contribution is -2.45. The van der Waals surface area contributed by atoms with Crippen LogP contribution in [0.25, 0.3) is 10.9 Å². The molecule has 4 aliphatic rings. The minimum atomic E-state index is -3.33. The van der Waals surface area contributed by atoms with E-state index in [0.717, 1.165) is 42.9 Å². The molecule has 1 aromatic carbocycles. The lowest BCUT2D eigenvalue weighted by atomic mass is 9.89. The molecule has 2 aromatic rings. The lowest BCUT2D eigenvalue weighted by Gasteiger charge is -2.26. The Morgan fingerprint density at radius 1 is 1.24 bits per heavy atom. The van der Waals surface area contributed by atoms with Crippen LogP contribution < -0.4 is 10.2 Å². The largest absolute Gasteiger partial charge is 0.354 e. The van der Waals surface area contributed by atoms with Gasteiger partial charge in [0.25, 0.3) is 0 Å². The van der Waals surface area contributed by atoms with Gasteiger partial charge in [-0.25, -0.2) is 18.4 Å². The maximum absolute atomic E-state index is 13.2. The number of carbonyl (C=O) groups is 1. The van der Waals surface area contributed by atoms with Crippen molar-refractivity contribution in [2.24, 2.45) is 23.2 Å². The molecule has 1 saturated heterocycles. The van der Waals surface area contributed by atoms with Crippen LogP contribution in [-0.2, 0) is 14.6 Å². The van der Waals surface area contributed by atoms with Crippen molar-refractivity contribution in [3.05, 3.63) is 36.0 Å². The maximum atomic E-state index is 13.2. The summed E-state index contributed by atoms with van der Waals surface area (Å²) >= 11 is 0. The number of carbonyl (C=O) groups excluding carboxylic acids is 1. The van der Waals surface area contributed by atoms with Crippen molar-refractivity contribution in [2.75, 3.05) is 24.2 Å². The zero-order valence-electron chi connectivity index (χ0n) is 19.1. The molecule has 3 aliphatic carbocycles. The molecule has 8 heteroatoms. The number of aromatic nitrogens is 2. The second-order valence-corrected chi connectivity index (χ2v) is 12.4. The van der Waals surface area contributed by atoms with Crippen LogP contribution in [0.3, 0.4) is 0 Å². The third kappa shape index (κ3) is 3.36. The number of sulfone groups is 1. The smallest absolute Gasteiger partial charge is 0.242 e. The molecular weight excluding hydrogens is 436 g/mol. The Balaban J connectivity index is 1.21. The van der Waals surface area contributed by atoms with Gasteiger partial charge in [0.05, 0.1) is 16.1 Å².